The van der Waals surface area contributed by atoms with Crippen molar-refractivity contribution < 1.29 is 42.7 Å². The second-order valence-corrected chi connectivity index (χ2v) is 7.56. The molecule has 0 aliphatic heterocycles. The van der Waals surface area contributed by atoms with Gasteiger partial charge < -0.3 is 33.2 Å². The zero-order valence-corrected chi connectivity index (χ0v) is 20.8. The molecule has 9 heteroatoms. The Bertz CT molecular complexity index is 748. The van der Waals surface area contributed by atoms with E-state index in [4.69, 9.17) is 33.2 Å². The van der Waals surface area contributed by atoms with Gasteiger partial charge in [0, 0.05) is 24.7 Å². The summed E-state index contributed by atoms with van der Waals surface area (Å²) >= 11 is 0. The fourth-order valence-corrected chi connectivity index (χ4v) is 2.58. The number of rotatable bonds is 21. The Hall–Kier alpha value is -2.56. The Morgan fingerprint density at radius 3 is 1.86 bits per heavy atom. The van der Waals surface area contributed by atoms with Gasteiger partial charge in [0.2, 0.25) is 0 Å². The number of carbonyl (C=O) groups is 2. The topological polar surface area (TPSA) is 98.8 Å². The molecule has 9 nitrogen and oxygen atoms in total. The maximum atomic E-state index is 12.1. The van der Waals surface area contributed by atoms with Crippen LogP contribution in [-0.4, -0.2) is 84.6 Å². The summed E-state index contributed by atoms with van der Waals surface area (Å²) < 4.78 is 37.2. The second kappa shape index (κ2) is 19.7. The molecule has 0 radical (unpaired) electrons. The third kappa shape index (κ3) is 15.9. The number of methoxy groups -OCH3 is 1. The van der Waals surface area contributed by atoms with Gasteiger partial charge in [-0.25, -0.2) is 9.59 Å². The molecule has 1 unspecified atom stereocenters. The van der Waals surface area contributed by atoms with Gasteiger partial charge >= 0.3 is 11.9 Å². The minimum atomic E-state index is -0.448. The van der Waals surface area contributed by atoms with E-state index >= 15 is 0 Å². The van der Waals surface area contributed by atoms with Crippen LogP contribution in [0.2, 0.25) is 0 Å². The lowest BCUT2D eigenvalue weighted by Gasteiger charge is -2.16. The molecule has 0 saturated carbocycles. The Labute approximate surface area is 207 Å². The van der Waals surface area contributed by atoms with Crippen molar-refractivity contribution in [3.8, 4) is 0 Å². The minimum absolute atomic E-state index is 0.186. The molecule has 1 aromatic rings. The van der Waals surface area contributed by atoms with Gasteiger partial charge in [-0.2, -0.15) is 0 Å². The molecule has 0 heterocycles. The summed E-state index contributed by atoms with van der Waals surface area (Å²) in [5.41, 5.74) is 1.61. The Morgan fingerprint density at radius 1 is 0.771 bits per heavy atom. The van der Waals surface area contributed by atoms with Gasteiger partial charge in [0.1, 0.15) is 13.2 Å². The molecule has 1 rings (SSSR count). The fourth-order valence-electron chi connectivity index (χ4n) is 2.58. The van der Waals surface area contributed by atoms with Crippen LogP contribution in [0.25, 0.3) is 0 Å². The lowest BCUT2D eigenvalue weighted by atomic mass is 10.1. The predicted octanol–water partition coefficient (Wildman–Crippen LogP) is 2.88. The molecular formula is C26H38O9. The van der Waals surface area contributed by atoms with Gasteiger partial charge in [-0.15, -0.1) is 0 Å². The summed E-state index contributed by atoms with van der Waals surface area (Å²) in [5, 5.41) is 0. The van der Waals surface area contributed by atoms with Crippen molar-refractivity contribution in [1.29, 1.82) is 0 Å². The molecular weight excluding hydrogens is 456 g/mol. The van der Waals surface area contributed by atoms with Crippen LogP contribution in [0.5, 0.6) is 0 Å². The van der Waals surface area contributed by atoms with E-state index in [0.29, 0.717) is 70.4 Å². The number of hydrogen-bond donors (Lipinski definition) is 0. The summed E-state index contributed by atoms with van der Waals surface area (Å²) in [7, 11) is 1.56. The highest BCUT2D eigenvalue weighted by Crippen LogP contribution is 2.11. The summed E-state index contributed by atoms with van der Waals surface area (Å²) in [5.74, 6) is -0.871. The smallest absolute Gasteiger partial charge is 0.333 e. The third-order valence-electron chi connectivity index (χ3n) is 4.54. The summed E-state index contributed by atoms with van der Waals surface area (Å²) in [6.07, 6.45) is 0.0106. The number of carbonyl (C=O) groups excluding carboxylic acids is 2. The van der Waals surface area contributed by atoms with Crippen molar-refractivity contribution in [2.45, 2.75) is 26.1 Å². The van der Waals surface area contributed by atoms with Gasteiger partial charge in [0.15, 0.2) is 0 Å². The quantitative estimate of drug-likeness (QED) is 0.145. The fraction of sp³-hybridized carbons (Fsp3) is 0.538. The van der Waals surface area contributed by atoms with E-state index < -0.39 is 11.9 Å². The monoisotopic (exact) mass is 494 g/mol. The van der Waals surface area contributed by atoms with Crippen molar-refractivity contribution in [2.75, 3.05) is 66.6 Å². The van der Waals surface area contributed by atoms with Crippen molar-refractivity contribution in [2.24, 2.45) is 0 Å². The van der Waals surface area contributed by atoms with Gasteiger partial charge in [-0.1, -0.05) is 43.5 Å². The average Bonchev–Trinajstić information content (AvgIpc) is 2.86. The minimum Gasteiger partial charge on any atom is -0.460 e. The third-order valence-corrected chi connectivity index (χ3v) is 4.54. The van der Waals surface area contributed by atoms with E-state index in [1.165, 1.54) is 0 Å². The number of benzene rings is 1. The molecule has 35 heavy (non-hydrogen) atoms. The van der Waals surface area contributed by atoms with Crippen LogP contribution in [0.3, 0.4) is 0 Å². The molecule has 1 aromatic carbocycles. The highest BCUT2D eigenvalue weighted by atomic mass is 16.6. The maximum absolute atomic E-state index is 12.1. The lowest BCUT2D eigenvalue weighted by Crippen LogP contribution is -2.23. The van der Waals surface area contributed by atoms with E-state index in [9.17, 15) is 9.59 Å². The molecule has 0 aliphatic rings. The first-order chi connectivity index (χ1) is 16.9. The van der Waals surface area contributed by atoms with Crippen molar-refractivity contribution >= 4 is 11.9 Å². The summed E-state index contributed by atoms with van der Waals surface area (Å²) in [6, 6.07) is 9.46. The average molecular weight is 495 g/mol. The van der Waals surface area contributed by atoms with Gasteiger partial charge in [0.05, 0.1) is 59.0 Å². The van der Waals surface area contributed by atoms with E-state index in [1.807, 2.05) is 30.3 Å². The van der Waals surface area contributed by atoms with Crippen LogP contribution in [0.15, 0.2) is 54.6 Å². The molecule has 196 valence electrons. The van der Waals surface area contributed by atoms with Gasteiger partial charge in [-0.3, -0.25) is 0 Å². The molecule has 0 aliphatic carbocycles. The molecule has 0 aromatic heterocycles. The first kappa shape index (κ1) is 30.5. The first-order valence-corrected chi connectivity index (χ1v) is 11.5. The highest BCUT2D eigenvalue weighted by molar-refractivity contribution is 5.87. The Balaban J connectivity index is 1.96. The first-order valence-electron chi connectivity index (χ1n) is 11.5. The second-order valence-electron chi connectivity index (χ2n) is 7.56. The van der Waals surface area contributed by atoms with Crippen LogP contribution in [0.1, 0.15) is 18.9 Å². The molecule has 0 spiro atoms. The standard InChI is InChI=1S/C26H38O9/c1-21(2)25(27)34-17-16-32-13-12-30-10-11-31-14-15-33-20-24(29-4)18-22(3)26(28)35-19-23-8-6-5-7-9-23/h5-9,24H,1,3,10-20H2,2,4H3. The Kier molecular flexibility index (Phi) is 17.2. The number of esters is 2. The van der Waals surface area contributed by atoms with Crippen molar-refractivity contribution in [3.63, 3.8) is 0 Å². The normalized spacial score (nSPS) is 11.6. The van der Waals surface area contributed by atoms with Crippen LogP contribution in [0, 0.1) is 0 Å². The SMILES string of the molecule is C=C(C)C(=O)OCCOCCOCCOCCOCC(CC(=C)C(=O)OCc1ccccc1)OC. The van der Waals surface area contributed by atoms with E-state index in [1.54, 1.807) is 14.0 Å². The Morgan fingerprint density at radius 2 is 1.31 bits per heavy atom. The zero-order valence-electron chi connectivity index (χ0n) is 20.8. The molecule has 0 bridgehead atoms. The van der Waals surface area contributed by atoms with E-state index in [2.05, 4.69) is 13.2 Å². The molecule has 0 saturated heterocycles. The molecule has 0 N–H and O–H groups in total. The van der Waals surface area contributed by atoms with Crippen LogP contribution in [-0.2, 0) is 49.4 Å². The van der Waals surface area contributed by atoms with Crippen molar-refractivity contribution in [1.82, 2.24) is 0 Å². The zero-order chi connectivity index (χ0) is 25.7. The van der Waals surface area contributed by atoms with Crippen LogP contribution < -0.4 is 0 Å². The highest BCUT2D eigenvalue weighted by Gasteiger charge is 2.16. The van der Waals surface area contributed by atoms with E-state index in [0.717, 1.165) is 5.56 Å². The van der Waals surface area contributed by atoms with Crippen molar-refractivity contribution in [3.05, 3.63) is 60.2 Å². The lowest BCUT2D eigenvalue weighted by molar-refractivity contribution is -0.141. The van der Waals surface area contributed by atoms with Gasteiger partial charge in [-0.05, 0) is 12.5 Å². The maximum Gasteiger partial charge on any atom is 0.333 e. The summed E-state index contributed by atoms with van der Waals surface area (Å²) in [6.45, 7) is 12.4. The molecule has 1 atom stereocenters. The molecule has 0 amide bonds. The largest absolute Gasteiger partial charge is 0.460 e. The number of ether oxygens (including phenoxy) is 7. The van der Waals surface area contributed by atoms with Crippen LogP contribution >= 0.6 is 0 Å². The van der Waals surface area contributed by atoms with E-state index in [-0.39, 0.29) is 19.3 Å². The number of hydrogen-bond acceptors (Lipinski definition) is 9. The summed E-state index contributed by atoms with van der Waals surface area (Å²) in [4.78, 5) is 23.3. The molecule has 0 fully saturated rings. The predicted molar refractivity (Wildman–Crippen MR) is 130 cm³/mol. The van der Waals surface area contributed by atoms with Crippen LogP contribution in [0.4, 0.5) is 0 Å². The van der Waals surface area contributed by atoms with Gasteiger partial charge in [0.25, 0.3) is 0 Å².